The normalized spacial score (nSPS) is 13.1. The van der Waals surface area contributed by atoms with Gasteiger partial charge in [0.15, 0.2) is 0 Å². The highest BCUT2D eigenvalue weighted by atomic mass is 16.3. The third-order valence-corrected chi connectivity index (χ3v) is 2.59. The molecule has 0 spiro atoms. The molecule has 19 heavy (non-hydrogen) atoms. The zero-order valence-electron chi connectivity index (χ0n) is 12.4. The van der Waals surface area contributed by atoms with Gasteiger partial charge in [-0.2, -0.15) is 0 Å². The van der Waals surface area contributed by atoms with Crippen molar-refractivity contribution in [1.82, 2.24) is 9.97 Å². The molecular weight excluding hydrogens is 240 g/mol. The molecule has 0 radical (unpaired) electrons. The molecule has 0 aliphatic heterocycles. The highest BCUT2D eigenvalue weighted by molar-refractivity contribution is 5.46. The van der Waals surface area contributed by atoms with Gasteiger partial charge in [-0.1, -0.05) is 27.7 Å². The van der Waals surface area contributed by atoms with Gasteiger partial charge in [-0.05, 0) is 18.3 Å². The fourth-order valence-electron chi connectivity index (χ4n) is 1.81. The average molecular weight is 266 g/mol. The molecule has 0 aromatic carbocycles. The Morgan fingerprint density at radius 3 is 2.42 bits per heavy atom. The standard InChI is InChI=1S/C14H26N4O/c1-5-6-15-12-7-13(18-10-17-12)16-9-11(19)8-14(2,3)4/h7,10-11,19H,5-6,8-9H2,1-4H3,(H2,15,16,17,18). The van der Waals surface area contributed by atoms with Crippen LogP contribution in [0.15, 0.2) is 12.4 Å². The van der Waals surface area contributed by atoms with E-state index in [4.69, 9.17) is 0 Å². The van der Waals surface area contributed by atoms with Crippen molar-refractivity contribution in [3.8, 4) is 0 Å². The van der Waals surface area contributed by atoms with E-state index < -0.39 is 0 Å². The predicted octanol–water partition coefficient (Wildman–Crippen LogP) is 2.51. The molecule has 1 unspecified atom stereocenters. The maximum absolute atomic E-state index is 9.94. The van der Waals surface area contributed by atoms with Gasteiger partial charge in [-0.15, -0.1) is 0 Å². The van der Waals surface area contributed by atoms with Crippen LogP contribution >= 0.6 is 0 Å². The van der Waals surface area contributed by atoms with E-state index in [1.807, 2.05) is 6.07 Å². The van der Waals surface area contributed by atoms with E-state index in [0.717, 1.165) is 31.0 Å². The lowest BCUT2D eigenvalue weighted by Gasteiger charge is -2.22. The maximum Gasteiger partial charge on any atom is 0.131 e. The molecule has 3 N–H and O–H groups in total. The van der Waals surface area contributed by atoms with E-state index in [9.17, 15) is 5.11 Å². The summed E-state index contributed by atoms with van der Waals surface area (Å²) in [6.07, 6.45) is 2.96. The second-order valence-corrected chi connectivity index (χ2v) is 6.01. The zero-order valence-corrected chi connectivity index (χ0v) is 12.4. The molecule has 0 aliphatic rings. The molecule has 5 nitrogen and oxygen atoms in total. The topological polar surface area (TPSA) is 70.1 Å². The molecule has 1 heterocycles. The van der Waals surface area contributed by atoms with Gasteiger partial charge >= 0.3 is 0 Å². The summed E-state index contributed by atoms with van der Waals surface area (Å²) in [6.45, 7) is 9.86. The molecule has 1 aromatic rings. The van der Waals surface area contributed by atoms with E-state index >= 15 is 0 Å². The molecule has 1 aromatic heterocycles. The molecule has 0 saturated carbocycles. The summed E-state index contributed by atoms with van der Waals surface area (Å²) in [7, 11) is 0. The molecule has 0 saturated heterocycles. The van der Waals surface area contributed by atoms with E-state index in [1.54, 1.807) is 0 Å². The van der Waals surface area contributed by atoms with Crippen LogP contribution in [0.3, 0.4) is 0 Å². The van der Waals surface area contributed by atoms with Crippen molar-refractivity contribution in [2.75, 3.05) is 23.7 Å². The van der Waals surface area contributed by atoms with Crippen LogP contribution in [0, 0.1) is 5.41 Å². The zero-order chi connectivity index (χ0) is 14.3. The van der Waals surface area contributed by atoms with E-state index in [2.05, 4.69) is 48.3 Å². The van der Waals surface area contributed by atoms with Crippen LogP contribution in [0.5, 0.6) is 0 Å². The van der Waals surface area contributed by atoms with Gasteiger partial charge < -0.3 is 15.7 Å². The minimum atomic E-state index is -0.373. The Hall–Kier alpha value is -1.36. The monoisotopic (exact) mass is 266 g/mol. The summed E-state index contributed by atoms with van der Waals surface area (Å²) < 4.78 is 0. The second-order valence-electron chi connectivity index (χ2n) is 6.01. The summed E-state index contributed by atoms with van der Waals surface area (Å²) in [5.41, 5.74) is 0.126. The molecule has 108 valence electrons. The Morgan fingerprint density at radius 1 is 1.21 bits per heavy atom. The van der Waals surface area contributed by atoms with Crippen molar-refractivity contribution in [3.05, 3.63) is 12.4 Å². The van der Waals surface area contributed by atoms with Crippen molar-refractivity contribution < 1.29 is 5.11 Å². The number of hydrogen-bond donors (Lipinski definition) is 3. The van der Waals surface area contributed by atoms with Gasteiger partial charge in [0.25, 0.3) is 0 Å². The van der Waals surface area contributed by atoms with Gasteiger partial charge in [0, 0.05) is 19.2 Å². The van der Waals surface area contributed by atoms with Gasteiger partial charge in [0.05, 0.1) is 6.10 Å². The fraction of sp³-hybridized carbons (Fsp3) is 0.714. The summed E-state index contributed by atoms with van der Waals surface area (Å²) in [4.78, 5) is 8.28. The lowest BCUT2D eigenvalue weighted by molar-refractivity contribution is 0.132. The van der Waals surface area contributed by atoms with Crippen molar-refractivity contribution in [1.29, 1.82) is 0 Å². The largest absolute Gasteiger partial charge is 0.391 e. The first-order valence-electron chi connectivity index (χ1n) is 6.88. The maximum atomic E-state index is 9.94. The minimum Gasteiger partial charge on any atom is -0.391 e. The number of nitrogens with one attached hydrogen (secondary N) is 2. The third kappa shape index (κ3) is 6.96. The number of aromatic nitrogens is 2. The molecular formula is C14H26N4O. The summed E-state index contributed by atoms with van der Waals surface area (Å²) in [5.74, 6) is 1.55. The first-order chi connectivity index (χ1) is 8.90. The molecule has 5 heteroatoms. The first-order valence-corrected chi connectivity index (χ1v) is 6.88. The van der Waals surface area contributed by atoms with E-state index in [1.165, 1.54) is 6.33 Å². The van der Waals surface area contributed by atoms with Crippen LogP contribution in [0.25, 0.3) is 0 Å². The molecule has 1 atom stereocenters. The summed E-state index contributed by atoms with van der Waals surface area (Å²) >= 11 is 0. The van der Waals surface area contributed by atoms with Crippen LogP contribution in [-0.4, -0.2) is 34.3 Å². The summed E-state index contributed by atoms with van der Waals surface area (Å²) in [6, 6.07) is 1.86. The van der Waals surface area contributed by atoms with E-state index in [0.29, 0.717) is 6.54 Å². The lowest BCUT2D eigenvalue weighted by atomic mass is 9.89. The molecule has 0 bridgehead atoms. The number of aliphatic hydroxyl groups is 1. The van der Waals surface area contributed by atoms with Crippen LogP contribution in [0.1, 0.15) is 40.5 Å². The average Bonchev–Trinajstić information content (AvgIpc) is 2.32. The number of nitrogens with zero attached hydrogens (tertiary/aromatic N) is 2. The van der Waals surface area contributed by atoms with Crippen molar-refractivity contribution in [3.63, 3.8) is 0 Å². The van der Waals surface area contributed by atoms with Crippen LogP contribution < -0.4 is 10.6 Å². The lowest BCUT2D eigenvalue weighted by Crippen LogP contribution is -2.25. The Morgan fingerprint density at radius 2 is 1.84 bits per heavy atom. The quantitative estimate of drug-likeness (QED) is 0.707. The van der Waals surface area contributed by atoms with Crippen molar-refractivity contribution in [2.45, 2.75) is 46.6 Å². The van der Waals surface area contributed by atoms with E-state index in [-0.39, 0.29) is 11.5 Å². The van der Waals surface area contributed by atoms with Gasteiger partial charge in [-0.3, -0.25) is 0 Å². The van der Waals surface area contributed by atoms with Gasteiger partial charge in [0.1, 0.15) is 18.0 Å². The smallest absolute Gasteiger partial charge is 0.131 e. The molecule has 0 amide bonds. The number of hydrogen-bond acceptors (Lipinski definition) is 5. The Kier molecular flexibility index (Phi) is 6.02. The Balaban J connectivity index is 2.44. The molecule has 0 fully saturated rings. The number of anilines is 2. The third-order valence-electron chi connectivity index (χ3n) is 2.59. The summed E-state index contributed by atoms with van der Waals surface area (Å²) in [5, 5.41) is 16.3. The fourth-order valence-corrected chi connectivity index (χ4v) is 1.81. The van der Waals surface area contributed by atoms with Crippen LogP contribution in [0.4, 0.5) is 11.6 Å². The highest BCUT2D eigenvalue weighted by Gasteiger charge is 2.16. The SMILES string of the molecule is CCCNc1cc(NCC(O)CC(C)(C)C)ncn1. The Bertz CT molecular complexity index is 376. The minimum absolute atomic E-state index is 0.126. The highest BCUT2D eigenvalue weighted by Crippen LogP contribution is 2.20. The molecule has 0 aliphatic carbocycles. The Labute approximate surface area is 115 Å². The number of rotatable bonds is 7. The number of aliphatic hydroxyl groups excluding tert-OH is 1. The van der Waals surface area contributed by atoms with Crippen LogP contribution in [-0.2, 0) is 0 Å². The van der Waals surface area contributed by atoms with Crippen LogP contribution in [0.2, 0.25) is 0 Å². The predicted molar refractivity (Wildman–Crippen MR) is 79.4 cm³/mol. The van der Waals surface area contributed by atoms with Gasteiger partial charge in [0.2, 0.25) is 0 Å². The first kappa shape index (κ1) is 15.7. The molecule has 1 rings (SSSR count). The second kappa shape index (κ2) is 7.28. The van der Waals surface area contributed by atoms with Crippen molar-refractivity contribution in [2.24, 2.45) is 5.41 Å². The van der Waals surface area contributed by atoms with Crippen molar-refractivity contribution >= 4 is 11.6 Å². The van der Waals surface area contributed by atoms with Gasteiger partial charge in [-0.25, -0.2) is 9.97 Å².